The van der Waals surface area contributed by atoms with E-state index in [-0.39, 0.29) is 18.3 Å². The molecule has 1 unspecified atom stereocenters. The number of hydrogen-bond acceptors (Lipinski definition) is 4. The molecule has 1 amide bonds. The summed E-state index contributed by atoms with van der Waals surface area (Å²) >= 11 is 0. The third kappa shape index (κ3) is 4.06. The number of fused-ring (bicyclic) bond motifs is 1. The first kappa shape index (κ1) is 18.7. The number of aryl methyl sites for hydroxylation is 1. The van der Waals surface area contributed by atoms with E-state index < -0.39 is 0 Å². The third-order valence-electron chi connectivity index (χ3n) is 4.45. The van der Waals surface area contributed by atoms with E-state index in [0.29, 0.717) is 24.6 Å². The van der Waals surface area contributed by atoms with E-state index >= 15 is 0 Å². The van der Waals surface area contributed by atoms with E-state index in [2.05, 4.69) is 21.9 Å². The van der Waals surface area contributed by atoms with Gasteiger partial charge in [0.05, 0.1) is 12.1 Å². The Labute approximate surface area is 148 Å². The molecule has 0 radical (unpaired) electrons. The molecule has 2 aromatic rings. The predicted molar refractivity (Wildman–Crippen MR) is 96.9 cm³/mol. The molecule has 24 heavy (non-hydrogen) atoms. The fraction of sp³-hybridized carbons (Fsp3) is 0.529. The lowest BCUT2D eigenvalue weighted by molar-refractivity contribution is 0.0936. The number of rotatable bonds is 6. The zero-order chi connectivity index (χ0) is 16.2. The van der Waals surface area contributed by atoms with Crippen LogP contribution in [0.5, 0.6) is 0 Å². The minimum Gasteiger partial charge on any atom is -0.383 e. The fourth-order valence-corrected chi connectivity index (χ4v) is 3.12. The second-order valence-corrected chi connectivity index (χ2v) is 6.13. The van der Waals surface area contributed by atoms with Crippen molar-refractivity contribution >= 4 is 29.2 Å². The van der Waals surface area contributed by atoms with Crippen LogP contribution in [-0.4, -0.2) is 49.0 Å². The molecular formula is C17H25ClN4O2. The van der Waals surface area contributed by atoms with Crippen LogP contribution in [0.4, 0.5) is 0 Å². The summed E-state index contributed by atoms with van der Waals surface area (Å²) in [5.41, 5.74) is 2.63. The van der Waals surface area contributed by atoms with Crippen LogP contribution in [0.15, 0.2) is 18.3 Å². The van der Waals surface area contributed by atoms with Gasteiger partial charge >= 0.3 is 0 Å². The Morgan fingerprint density at radius 1 is 1.50 bits per heavy atom. The molecule has 3 rings (SSSR count). The number of amides is 1. The number of halogens is 1. The van der Waals surface area contributed by atoms with Crippen LogP contribution in [-0.2, 0) is 11.3 Å². The van der Waals surface area contributed by atoms with Crippen molar-refractivity contribution in [2.24, 2.45) is 5.92 Å². The normalized spacial score (nSPS) is 17.0. The van der Waals surface area contributed by atoms with E-state index in [1.165, 1.54) is 6.42 Å². The van der Waals surface area contributed by atoms with Gasteiger partial charge in [0.2, 0.25) is 0 Å². The standard InChI is InChI=1S/C17H24N4O2.ClH/c1-12-14(17(22)19-7-8-23-2)3-4-16-15(12)11-21(20-16)10-13-5-6-18-9-13;/h3-4,11,13,18H,5-10H2,1-2H3,(H,19,22);1H. The van der Waals surface area contributed by atoms with Gasteiger partial charge < -0.3 is 15.4 Å². The molecule has 1 aliphatic rings. The summed E-state index contributed by atoms with van der Waals surface area (Å²) in [6.45, 7) is 6.09. The van der Waals surface area contributed by atoms with Crippen molar-refractivity contribution in [3.8, 4) is 0 Å². The second-order valence-electron chi connectivity index (χ2n) is 6.13. The number of aromatic nitrogens is 2. The van der Waals surface area contributed by atoms with Gasteiger partial charge in [-0.25, -0.2) is 0 Å². The van der Waals surface area contributed by atoms with Crippen molar-refractivity contribution in [3.05, 3.63) is 29.5 Å². The van der Waals surface area contributed by atoms with Gasteiger partial charge in [-0.3, -0.25) is 9.48 Å². The Bertz CT molecular complexity index is 695. The summed E-state index contributed by atoms with van der Waals surface area (Å²) in [6, 6.07) is 3.78. The van der Waals surface area contributed by atoms with Crippen LogP contribution in [0.3, 0.4) is 0 Å². The van der Waals surface area contributed by atoms with Crippen LogP contribution in [0.2, 0.25) is 0 Å². The Hall–Kier alpha value is -1.63. The summed E-state index contributed by atoms with van der Waals surface area (Å²) in [4.78, 5) is 12.3. The average Bonchev–Trinajstić information content (AvgIpc) is 3.18. The number of hydrogen-bond donors (Lipinski definition) is 2. The van der Waals surface area contributed by atoms with Gasteiger partial charge in [0.1, 0.15) is 0 Å². The zero-order valence-electron chi connectivity index (χ0n) is 14.2. The van der Waals surface area contributed by atoms with Crippen molar-refractivity contribution in [2.45, 2.75) is 19.9 Å². The molecule has 1 fully saturated rings. The van der Waals surface area contributed by atoms with Crippen molar-refractivity contribution in [3.63, 3.8) is 0 Å². The van der Waals surface area contributed by atoms with Crippen LogP contribution in [0.25, 0.3) is 10.9 Å². The van der Waals surface area contributed by atoms with E-state index in [1.807, 2.05) is 23.7 Å². The maximum Gasteiger partial charge on any atom is 0.251 e. The number of nitrogens with one attached hydrogen (secondary N) is 2. The third-order valence-corrected chi connectivity index (χ3v) is 4.45. The lowest BCUT2D eigenvalue weighted by atomic mass is 10.0. The van der Waals surface area contributed by atoms with Crippen molar-refractivity contribution in [1.29, 1.82) is 0 Å². The molecule has 2 heterocycles. The number of methoxy groups -OCH3 is 1. The van der Waals surface area contributed by atoms with Crippen LogP contribution in [0, 0.1) is 12.8 Å². The van der Waals surface area contributed by atoms with E-state index in [9.17, 15) is 4.79 Å². The number of carbonyl (C=O) groups excluding carboxylic acids is 1. The van der Waals surface area contributed by atoms with Gasteiger partial charge in [0.25, 0.3) is 5.91 Å². The van der Waals surface area contributed by atoms with Crippen molar-refractivity contribution in [1.82, 2.24) is 20.4 Å². The highest BCUT2D eigenvalue weighted by Gasteiger charge is 2.17. The average molecular weight is 353 g/mol. The lowest BCUT2D eigenvalue weighted by Gasteiger charge is -2.07. The Morgan fingerprint density at radius 2 is 2.33 bits per heavy atom. The van der Waals surface area contributed by atoms with Crippen LogP contribution >= 0.6 is 12.4 Å². The summed E-state index contributed by atoms with van der Waals surface area (Å²) in [7, 11) is 1.62. The monoisotopic (exact) mass is 352 g/mol. The molecule has 1 saturated heterocycles. The Kier molecular flexibility index (Phi) is 6.60. The summed E-state index contributed by atoms with van der Waals surface area (Å²) in [5.74, 6) is 0.579. The topological polar surface area (TPSA) is 68.2 Å². The van der Waals surface area contributed by atoms with Gasteiger partial charge in [0, 0.05) is 37.3 Å². The van der Waals surface area contributed by atoms with Crippen molar-refractivity contribution in [2.75, 3.05) is 33.4 Å². The SMILES string of the molecule is COCCNC(=O)c1ccc2nn(CC3CCNC3)cc2c1C.Cl. The van der Waals surface area contributed by atoms with Crippen LogP contribution < -0.4 is 10.6 Å². The molecule has 132 valence electrons. The molecule has 0 saturated carbocycles. The van der Waals surface area contributed by atoms with Gasteiger partial charge in [-0.1, -0.05) is 0 Å². The molecule has 0 bridgehead atoms. The fourth-order valence-electron chi connectivity index (χ4n) is 3.12. The molecule has 1 aromatic carbocycles. The lowest BCUT2D eigenvalue weighted by Crippen LogP contribution is -2.27. The quantitative estimate of drug-likeness (QED) is 0.777. The molecule has 1 atom stereocenters. The molecular weight excluding hydrogens is 328 g/mol. The molecule has 1 aromatic heterocycles. The predicted octanol–water partition coefficient (Wildman–Crippen LogP) is 1.75. The summed E-state index contributed by atoms with van der Waals surface area (Å²) in [6.07, 6.45) is 3.26. The molecule has 0 aliphatic carbocycles. The smallest absolute Gasteiger partial charge is 0.251 e. The number of carbonyl (C=O) groups is 1. The highest BCUT2D eigenvalue weighted by molar-refractivity contribution is 6.00. The largest absolute Gasteiger partial charge is 0.383 e. The van der Waals surface area contributed by atoms with Crippen LogP contribution in [0.1, 0.15) is 22.3 Å². The molecule has 7 heteroatoms. The van der Waals surface area contributed by atoms with Gasteiger partial charge in [-0.2, -0.15) is 5.10 Å². The van der Waals surface area contributed by atoms with E-state index in [4.69, 9.17) is 4.74 Å². The highest BCUT2D eigenvalue weighted by atomic mass is 35.5. The second kappa shape index (κ2) is 8.46. The molecule has 2 N–H and O–H groups in total. The maximum absolute atomic E-state index is 12.3. The first-order valence-electron chi connectivity index (χ1n) is 8.13. The summed E-state index contributed by atoms with van der Waals surface area (Å²) in [5, 5.41) is 12.0. The minimum absolute atomic E-state index is 0. The highest BCUT2D eigenvalue weighted by Crippen LogP contribution is 2.22. The maximum atomic E-state index is 12.3. The number of nitrogens with zero attached hydrogens (tertiary/aromatic N) is 2. The van der Waals surface area contributed by atoms with E-state index in [0.717, 1.165) is 36.1 Å². The summed E-state index contributed by atoms with van der Waals surface area (Å²) < 4.78 is 6.98. The first-order valence-corrected chi connectivity index (χ1v) is 8.13. The van der Waals surface area contributed by atoms with Gasteiger partial charge in [0.15, 0.2) is 0 Å². The van der Waals surface area contributed by atoms with Gasteiger partial charge in [-0.15, -0.1) is 12.4 Å². The zero-order valence-corrected chi connectivity index (χ0v) is 15.0. The van der Waals surface area contributed by atoms with E-state index in [1.54, 1.807) is 7.11 Å². The number of ether oxygens (including phenoxy) is 1. The number of benzene rings is 1. The Balaban J connectivity index is 0.00000208. The Morgan fingerprint density at radius 3 is 3.04 bits per heavy atom. The molecule has 6 nitrogen and oxygen atoms in total. The molecule has 1 aliphatic heterocycles. The van der Waals surface area contributed by atoms with Gasteiger partial charge in [-0.05, 0) is 50.0 Å². The molecule has 0 spiro atoms. The first-order chi connectivity index (χ1) is 11.2. The van der Waals surface area contributed by atoms with Crippen molar-refractivity contribution < 1.29 is 9.53 Å². The minimum atomic E-state index is -0.0609.